The van der Waals surface area contributed by atoms with Gasteiger partial charge in [0.2, 0.25) is 0 Å². The molecule has 1 heterocycles. The van der Waals surface area contributed by atoms with Crippen molar-refractivity contribution >= 4 is 16.8 Å². The summed E-state index contributed by atoms with van der Waals surface area (Å²) in [5.74, 6) is 1.31. The molecular formula is C19H20N2O. The highest BCUT2D eigenvalue weighted by molar-refractivity contribution is 5.78. The summed E-state index contributed by atoms with van der Waals surface area (Å²) in [6.07, 6.45) is 2.39. The molecule has 0 atom stereocenters. The number of para-hydroxylation sites is 2. The van der Waals surface area contributed by atoms with Crippen LogP contribution in [0.5, 0.6) is 0 Å². The second-order valence-corrected chi connectivity index (χ2v) is 5.77. The number of aryl methyl sites for hydroxylation is 3. The fourth-order valence-corrected chi connectivity index (χ4v) is 2.79. The summed E-state index contributed by atoms with van der Waals surface area (Å²) in [6.45, 7) is 1.62. The first-order valence-electron chi connectivity index (χ1n) is 7.61. The van der Waals surface area contributed by atoms with Crippen molar-refractivity contribution in [2.45, 2.75) is 26.2 Å². The van der Waals surface area contributed by atoms with Gasteiger partial charge < -0.3 is 4.57 Å². The number of aromatic nitrogens is 2. The molecular weight excluding hydrogens is 272 g/mol. The monoisotopic (exact) mass is 292 g/mol. The van der Waals surface area contributed by atoms with Crippen molar-refractivity contribution in [3.63, 3.8) is 0 Å². The molecule has 2 aromatic carbocycles. The third kappa shape index (κ3) is 3.08. The van der Waals surface area contributed by atoms with Gasteiger partial charge in [-0.1, -0.05) is 36.4 Å². The molecule has 0 radical (unpaired) electrons. The topological polar surface area (TPSA) is 34.9 Å². The van der Waals surface area contributed by atoms with Crippen LogP contribution < -0.4 is 0 Å². The van der Waals surface area contributed by atoms with Crippen molar-refractivity contribution in [2.24, 2.45) is 7.05 Å². The number of hydrogen-bond acceptors (Lipinski definition) is 2. The van der Waals surface area contributed by atoms with Crippen LogP contribution in [0, 0.1) is 0 Å². The Hall–Kier alpha value is -2.42. The van der Waals surface area contributed by atoms with Gasteiger partial charge in [0.1, 0.15) is 11.6 Å². The molecule has 3 heteroatoms. The Morgan fingerprint density at radius 1 is 1.00 bits per heavy atom. The summed E-state index contributed by atoms with van der Waals surface area (Å²) >= 11 is 0. The molecule has 0 bridgehead atoms. The van der Waals surface area contributed by atoms with Crippen LogP contribution in [-0.4, -0.2) is 15.3 Å². The predicted octanol–water partition coefficient (Wildman–Crippen LogP) is 3.49. The van der Waals surface area contributed by atoms with Crippen LogP contribution in [0.15, 0.2) is 48.5 Å². The average Bonchev–Trinajstić information content (AvgIpc) is 2.83. The Morgan fingerprint density at radius 2 is 1.68 bits per heavy atom. The molecule has 3 nitrogen and oxygen atoms in total. The zero-order chi connectivity index (χ0) is 15.5. The highest BCUT2D eigenvalue weighted by atomic mass is 16.1. The van der Waals surface area contributed by atoms with Crippen LogP contribution in [0.2, 0.25) is 0 Å². The Morgan fingerprint density at radius 3 is 2.36 bits per heavy atom. The van der Waals surface area contributed by atoms with Crippen LogP contribution in [0.4, 0.5) is 0 Å². The van der Waals surface area contributed by atoms with Gasteiger partial charge in [-0.2, -0.15) is 0 Å². The van der Waals surface area contributed by atoms with E-state index in [0.717, 1.165) is 29.7 Å². The number of imidazole rings is 1. The zero-order valence-corrected chi connectivity index (χ0v) is 13.0. The van der Waals surface area contributed by atoms with E-state index in [9.17, 15) is 4.79 Å². The summed E-state index contributed by atoms with van der Waals surface area (Å²) < 4.78 is 2.17. The first kappa shape index (κ1) is 14.5. The van der Waals surface area contributed by atoms with Gasteiger partial charge in [-0.15, -0.1) is 0 Å². The van der Waals surface area contributed by atoms with Crippen LogP contribution in [0.3, 0.4) is 0 Å². The lowest BCUT2D eigenvalue weighted by Crippen LogP contribution is -2.01. The van der Waals surface area contributed by atoms with Crippen LogP contribution in [0.1, 0.15) is 23.9 Å². The standard InChI is InChI=1S/C19H20N2O/c1-14(22)13-16-9-7-15(8-10-16)11-12-19-20-17-5-3-4-6-18(17)21(19)2/h3-10H,11-13H2,1-2H3. The number of carbonyl (C=O) groups is 1. The molecule has 1 aromatic heterocycles. The normalized spacial score (nSPS) is 11.0. The molecule has 0 amide bonds. The van der Waals surface area contributed by atoms with Gasteiger partial charge >= 0.3 is 0 Å². The van der Waals surface area contributed by atoms with E-state index in [2.05, 4.69) is 35.9 Å². The maximum atomic E-state index is 11.1. The maximum absolute atomic E-state index is 11.1. The van der Waals surface area contributed by atoms with Gasteiger partial charge in [0.05, 0.1) is 11.0 Å². The largest absolute Gasteiger partial charge is 0.331 e. The number of nitrogens with zero attached hydrogens (tertiary/aromatic N) is 2. The summed E-state index contributed by atoms with van der Waals surface area (Å²) in [7, 11) is 2.07. The van der Waals surface area contributed by atoms with Crippen LogP contribution >= 0.6 is 0 Å². The fraction of sp³-hybridized carbons (Fsp3) is 0.263. The first-order chi connectivity index (χ1) is 10.6. The molecule has 0 N–H and O–H groups in total. The Kier molecular flexibility index (Phi) is 4.05. The van der Waals surface area contributed by atoms with E-state index < -0.39 is 0 Å². The minimum atomic E-state index is 0.201. The van der Waals surface area contributed by atoms with E-state index in [4.69, 9.17) is 4.98 Å². The van der Waals surface area contributed by atoms with Gasteiger partial charge in [-0.25, -0.2) is 4.98 Å². The molecule has 3 aromatic rings. The average molecular weight is 292 g/mol. The quantitative estimate of drug-likeness (QED) is 0.721. The SMILES string of the molecule is CC(=O)Cc1ccc(CCc2nc3ccccc3n2C)cc1. The highest BCUT2D eigenvalue weighted by Gasteiger charge is 2.07. The molecule has 0 spiro atoms. The number of ketones is 1. The van der Waals surface area contributed by atoms with Gasteiger partial charge in [0.15, 0.2) is 0 Å². The van der Waals surface area contributed by atoms with Gasteiger partial charge in [-0.3, -0.25) is 4.79 Å². The van der Waals surface area contributed by atoms with Crippen LogP contribution in [0.25, 0.3) is 11.0 Å². The fourth-order valence-electron chi connectivity index (χ4n) is 2.79. The second kappa shape index (κ2) is 6.14. The lowest BCUT2D eigenvalue weighted by Gasteiger charge is -2.04. The summed E-state index contributed by atoms with van der Waals surface area (Å²) in [5.41, 5.74) is 4.59. The Bertz CT molecular complexity index is 800. The van der Waals surface area contributed by atoms with Gasteiger partial charge in [0.25, 0.3) is 0 Å². The molecule has 0 aliphatic heterocycles. The molecule has 112 valence electrons. The van der Waals surface area contributed by atoms with Crippen molar-refractivity contribution < 1.29 is 4.79 Å². The van der Waals surface area contributed by atoms with E-state index in [1.807, 2.05) is 24.3 Å². The Labute approximate surface area is 130 Å². The minimum absolute atomic E-state index is 0.201. The number of rotatable bonds is 5. The number of Topliss-reactive ketones (excluding diaryl/α,β-unsaturated/α-hetero) is 1. The second-order valence-electron chi connectivity index (χ2n) is 5.77. The maximum Gasteiger partial charge on any atom is 0.134 e. The zero-order valence-electron chi connectivity index (χ0n) is 13.0. The summed E-state index contributed by atoms with van der Waals surface area (Å²) in [4.78, 5) is 15.8. The number of benzene rings is 2. The van der Waals surface area contributed by atoms with Crippen molar-refractivity contribution in [3.8, 4) is 0 Å². The van der Waals surface area contributed by atoms with Crippen molar-refractivity contribution in [1.82, 2.24) is 9.55 Å². The molecule has 0 aliphatic carbocycles. The van der Waals surface area contributed by atoms with Crippen molar-refractivity contribution in [1.29, 1.82) is 0 Å². The lowest BCUT2D eigenvalue weighted by atomic mass is 10.0. The third-order valence-corrected chi connectivity index (χ3v) is 3.99. The molecule has 3 rings (SSSR count). The first-order valence-corrected chi connectivity index (χ1v) is 7.61. The lowest BCUT2D eigenvalue weighted by molar-refractivity contribution is -0.116. The summed E-state index contributed by atoms with van der Waals surface area (Å²) in [5, 5.41) is 0. The molecule has 0 unspecified atom stereocenters. The minimum Gasteiger partial charge on any atom is -0.331 e. The molecule has 0 aliphatic rings. The molecule has 0 saturated heterocycles. The Balaban J connectivity index is 1.71. The predicted molar refractivity (Wildman–Crippen MR) is 88.9 cm³/mol. The van der Waals surface area contributed by atoms with Crippen molar-refractivity contribution in [2.75, 3.05) is 0 Å². The van der Waals surface area contributed by atoms with Crippen LogP contribution in [-0.2, 0) is 31.1 Å². The number of fused-ring (bicyclic) bond motifs is 1. The van der Waals surface area contributed by atoms with E-state index in [1.165, 1.54) is 11.1 Å². The van der Waals surface area contributed by atoms with Gasteiger partial charge in [-0.05, 0) is 36.6 Å². The van der Waals surface area contributed by atoms with Gasteiger partial charge in [0, 0.05) is 19.9 Å². The van der Waals surface area contributed by atoms with E-state index >= 15 is 0 Å². The number of carbonyl (C=O) groups excluding carboxylic acids is 1. The smallest absolute Gasteiger partial charge is 0.134 e. The van der Waals surface area contributed by atoms with E-state index in [-0.39, 0.29) is 5.78 Å². The van der Waals surface area contributed by atoms with E-state index in [0.29, 0.717) is 6.42 Å². The molecule has 0 saturated carbocycles. The van der Waals surface area contributed by atoms with E-state index in [1.54, 1.807) is 6.92 Å². The van der Waals surface area contributed by atoms with Crippen molar-refractivity contribution in [3.05, 3.63) is 65.5 Å². The summed E-state index contributed by atoms with van der Waals surface area (Å²) in [6, 6.07) is 16.5. The molecule has 0 fully saturated rings. The highest BCUT2D eigenvalue weighted by Crippen LogP contribution is 2.16. The third-order valence-electron chi connectivity index (χ3n) is 3.99. The molecule has 22 heavy (non-hydrogen) atoms. The number of hydrogen-bond donors (Lipinski definition) is 0.